The topological polar surface area (TPSA) is 92.5 Å². The summed E-state index contributed by atoms with van der Waals surface area (Å²) in [5.41, 5.74) is 0.114. The lowest BCUT2D eigenvalue weighted by Crippen LogP contribution is -2.45. The molecule has 254 valence electrons. The predicted molar refractivity (Wildman–Crippen MR) is 167 cm³/mol. The quantitative estimate of drug-likeness (QED) is 0.279. The molecule has 2 aromatic heterocycles. The molecule has 0 radical (unpaired) electrons. The molecule has 2 fully saturated rings. The Balaban J connectivity index is 1.08. The van der Waals surface area contributed by atoms with E-state index in [-0.39, 0.29) is 34.7 Å². The fraction of sp³-hybridized carbons (Fsp3) is 0.606. The third-order valence-corrected chi connectivity index (χ3v) is 9.90. The van der Waals surface area contributed by atoms with Crippen molar-refractivity contribution in [2.45, 2.75) is 84.6 Å². The Morgan fingerprint density at radius 3 is 2.47 bits per heavy atom. The zero-order valence-electron chi connectivity index (χ0n) is 27.3. The first kappa shape index (κ1) is 33.1. The smallest absolute Gasteiger partial charge is 0.451 e. The summed E-state index contributed by atoms with van der Waals surface area (Å²) in [5, 5.41) is 7.35. The number of piperidine rings is 1. The minimum Gasteiger partial charge on any atom is -0.451 e. The van der Waals surface area contributed by atoms with Crippen LogP contribution in [0.1, 0.15) is 75.4 Å². The second-order valence-corrected chi connectivity index (χ2v) is 13.8. The summed E-state index contributed by atoms with van der Waals surface area (Å²) in [6.45, 7) is 12.2. The predicted octanol–water partition coefficient (Wildman–Crippen LogP) is 5.83. The average molecular weight is 659 g/mol. The molecule has 1 spiro atoms. The van der Waals surface area contributed by atoms with Gasteiger partial charge in [0.1, 0.15) is 23.7 Å². The molecular formula is C33H42F4N8O2. The van der Waals surface area contributed by atoms with Crippen LogP contribution in [0.25, 0.3) is 0 Å². The first-order valence-corrected chi connectivity index (χ1v) is 16.4. The third-order valence-electron chi connectivity index (χ3n) is 9.90. The van der Waals surface area contributed by atoms with Gasteiger partial charge in [0.15, 0.2) is 11.6 Å². The van der Waals surface area contributed by atoms with E-state index in [0.29, 0.717) is 42.7 Å². The van der Waals surface area contributed by atoms with E-state index in [1.54, 1.807) is 11.1 Å². The molecule has 0 N–H and O–H groups in total. The Morgan fingerprint density at radius 1 is 1.04 bits per heavy atom. The van der Waals surface area contributed by atoms with Gasteiger partial charge < -0.3 is 24.0 Å². The maximum absolute atomic E-state index is 14.4. The second-order valence-electron chi connectivity index (χ2n) is 13.8. The molecule has 2 saturated heterocycles. The van der Waals surface area contributed by atoms with Crippen molar-refractivity contribution in [3.63, 3.8) is 0 Å². The maximum Gasteiger partial charge on any atom is 0.451 e. The van der Waals surface area contributed by atoms with Crippen LogP contribution in [0.4, 0.5) is 23.4 Å². The zero-order valence-corrected chi connectivity index (χ0v) is 27.3. The molecule has 1 amide bonds. The van der Waals surface area contributed by atoms with Crippen LogP contribution in [0.5, 0.6) is 11.5 Å². The van der Waals surface area contributed by atoms with Crippen LogP contribution in [-0.4, -0.2) is 85.2 Å². The highest BCUT2D eigenvalue weighted by molar-refractivity contribution is 5.97. The van der Waals surface area contributed by atoms with Crippen molar-refractivity contribution in [3.8, 4) is 11.5 Å². The highest BCUT2D eigenvalue weighted by Gasteiger charge is 2.44. The van der Waals surface area contributed by atoms with E-state index in [2.05, 4.69) is 30.0 Å². The summed E-state index contributed by atoms with van der Waals surface area (Å²) in [6.07, 6.45) is 2.60. The molecule has 10 nitrogen and oxygen atoms in total. The van der Waals surface area contributed by atoms with E-state index in [9.17, 15) is 22.4 Å². The van der Waals surface area contributed by atoms with Crippen molar-refractivity contribution < 1.29 is 27.1 Å². The monoisotopic (exact) mass is 658 g/mol. The van der Waals surface area contributed by atoms with Crippen LogP contribution in [-0.2, 0) is 19.1 Å². The van der Waals surface area contributed by atoms with Crippen molar-refractivity contribution in [2.75, 3.05) is 37.6 Å². The molecule has 0 saturated carbocycles. The van der Waals surface area contributed by atoms with Gasteiger partial charge in [-0.25, -0.2) is 14.4 Å². The molecular weight excluding hydrogens is 616 g/mol. The lowest BCUT2D eigenvalue weighted by Gasteiger charge is -2.44. The van der Waals surface area contributed by atoms with Gasteiger partial charge in [0.2, 0.25) is 5.82 Å². The van der Waals surface area contributed by atoms with Gasteiger partial charge in [0, 0.05) is 44.7 Å². The minimum atomic E-state index is -4.49. The van der Waals surface area contributed by atoms with Gasteiger partial charge in [0.05, 0.1) is 11.8 Å². The maximum atomic E-state index is 14.4. The van der Waals surface area contributed by atoms with Gasteiger partial charge in [0.25, 0.3) is 5.91 Å². The van der Waals surface area contributed by atoms with Crippen LogP contribution in [0.15, 0.2) is 30.7 Å². The van der Waals surface area contributed by atoms with Crippen molar-refractivity contribution in [3.05, 3.63) is 53.8 Å². The molecule has 0 bridgehead atoms. The van der Waals surface area contributed by atoms with Crippen molar-refractivity contribution in [1.82, 2.24) is 34.5 Å². The van der Waals surface area contributed by atoms with E-state index in [1.807, 2.05) is 27.7 Å². The number of nitrogens with zero attached hydrogens (tertiary/aromatic N) is 8. The summed E-state index contributed by atoms with van der Waals surface area (Å²) >= 11 is 0. The summed E-state index contributed by atoms with van der Waals surface area (Å²) in [5.74, 6) is 0.375. The highest BCUT2D eigenvalue weighted by Crippen LogP contribution is 2.43. The van der Waals surface area contributed by atoms with Crippen LogP contribution >= 0.6 is 0 Å². The number of ether oxygens (including phenoxy) is 1. The number of rotatable bonds is 8. The lowest BCUT2D eigenvalue weighted by atomic mass is 9.71. The lowest BCUT2D eigenvalue weighted by molar-refractivity contribution is -0.148. The molecule has 0 aliphatic carbocycles. The molecule has 47 heavy (non-hydrogen) atoms. The second kappa shape index (κ2) is 13.0. The van der Waals surface area contributed by atoms with Crippen LogP contribution < -0.4 is 9.64 Å². The van der Waals surface area contributed by atoms with Crippen LogP contribution in [0.3, 0.4) is 0 Å². The zero-order chi connectivity index (χ0) is 33.5. The normalized spacial score (nSPS) is 19.9. The summed E-state index contributed by atoms with van der Waals surface area (Å²) < 4.78 is 61.8. The molecule has 5 heterocycles. The standard InChI is InChI=1S/C33H42F4N8O2/c1-21(2)45(22(3)4)30(46)25-15-24(34)5-6-26(25)47-27-17-38-20-39-29(27)43-11-7-23(19-43)18-42-12-8-32(9-13-42)10-14-44-28(16-32)40-41-31(44)33(35,36)37/h5-6,15,17,20-23H,7-14,16,18-19H2,1-4H3/t23-/m0/s1. The van der Waals surface area contributed by atoms with Crippen molar-refractivity contribution in [2.24, 2.45) is 11.3 Å². The number of amides is 1. The first-order chi connectivity index (χ1) is 22.3. The van der Waals surface area contributed by atoms with Gasteiger partial charge in [-0.1, -0.05) is 0 Å². The SMILES string of the molecule is CC(C)N(C(=O)c1cc(F)ccc1Oc1cncnc1N1CC[C@@H](CN2CCC3(CC2)CCn2c(nnc2C(F)(F)F)C3)C1)C(C)C. The van der Waals surface area contributed by atoms with Gasteiger partial charge in [-0.15, -0.1) is 10.2 Å². The number of fused-ring (bicyclic) bond motifs is 1. The van der Waals surface area contributed by atoms with E-state index < -0.39 is 17.8 Å². The van der Waals surface area contributed by atoms with Crippen molar-refractivity contribution in [1.29, 1.82) is 0 Å². The van der Waals surface area contributed by atoms with Crippen LogP contribution in [0.2, 0.25) is 0 Å². The number of anilines is 1. The van der Waals surface area contributed by atoms with Gasteiger partial charge in [-0.05, 0) is 96.0 Å². The molecule has 3 aliphatic heterocycles. The Kier molecular flexibility index (Phi) is 9.16. The molecule has 1 aromatic carbocycles. The Morgan fingerprint density at radius 2 is 1.77 bits per heavy atom. The number of likely N-dealkylation sites (tertiary alicyclic amines) is 1. The van der Waals surface area contributed by atoms with E-state index in [0.717, 1.165) is 52.0 Å². The van der Waals surface area contributed by atoms with Gasteiger partial charge in [-0.2, -0.15) is 13.2 Å². The van der Waals surface area contributed by atoms with E-state index in [1.165, 1.54) is 29.1 Å². The fourth-order valence-electron chi connectivity index (χ4n) is 7.56. The minimum absolute atomic E-state index is 0.0285. The Labute approximate surface area is 272 Å². The van der Waals surface area contributed by atoms with E-state index >= 15 is 0 Å². The summed E-state index contributed by atoms with van der Waals surface area (Å²) in [7, 11) is 0. The Hall–Kier alpha value is -3.81. The Bertz CT molecular complexity index is 1580. The molecule has 3 aliphatic rings. The number of hydrogen-bond donors (Lipinski definition) is 0. The number of benzene rings is 1. The number of carbonyl (C=O) groups excluding carboxylic acids is 1. The number of hydrogen-bond acceptors (Lipinski definition) is 8. The molecule has 14 heteroatoms. The van der Waals surface area contributed by atoms with Crippen molar-refractivity contribution >= 4 is 11.7 Å². The molecule has 3 aromatic rings. The number of carbonyl (C=O) groups is 1. The fourth-order valence-corrected chi connectivity index (χ4v) is 7.56. The largest absolute Gasteiger partial charge is 0.451 e. The molecule has 0 unspecified atom stereocenters. The number of halogens is 4. The molecule has 6 rings (SSSR count). The van der Waals surface area contributed by atoms with Gasteiger partial charge >= 0.3 is 6.18 Å². The van der Waals surface area contributed by atoms with E-state index in [4.69, 9.17) is 4.74 Å². The summed E-state index contributed by atoms with van der Waals surface area (Å²) in [4.78, 5) is 28.6. The number of aromatic nitrogens is 5. The number of alkyl halides is 3. The third kappa shape index (κ3) is 6.93. The molecule has 1 atom stereocenters. The average Bonchev–Trinajstić information content (AvgIpc) is 3.66. The van der Waals surface area contributed by atoms with Crippen LogP contribution in [0, 0.1) is 17.2 Å². The highest BCUT2D eigenvalue weighted by atomic mass is 19.4. The first-order valence-electron chi connectivity index (χ1n) is 16.4. The van der Waals surface area contributed by atoms with Gasteiger partial charge in [-0.3, -0.25) is 4.79 Å². The summed E-state index contributed by atoms with van der Waals surface area (Å²) in [6, 6.07) is 3.79.